The van der Waals surface area contributed by atoms with E-state index in [2.05, 4.69) is 41.7 Å². The van der Waals surface area contributed by atoms with Crippen molar-refractivity contribution in [1.29, 1.82) is 0 Å². The average molecular weight is 339 g/mol. The van der Waals surface area contributed by atoms with Crippen molar-refractivity contribution in [2.24, 2.45) is 0 Å². The fourth-order valence-corrected chi connectivity index (χ4v) is 3.08. The van der Waals surface area contributed by atoms with Gasteiger partial charge in [0.25, 0.3) is 0 Å². The van der Waals surface area contributed by atoms with Gasteiger partial charge in [0.1, 0.15) is 0 Å². The van der Waals surface area contributed by atoms with Crippen molar-refractivity contribution >= 4 is 25.2 Å². The summed E-state index contributed by atoms with van der Waals surface area (Å²) in [5.74, 6) is -0.0672. The fourth-order valence-electron chi connectivity index (χ4n) is 3.08. The van der Waals surface area contributed by atoms with E-state index in [-0.39, 0.29) is 5.91 Å². The van der Waals surface area contributed by atoms with Crippen molar-refractivity contribution in [1.82, 2.24) is 5.32 Å². The first kappa shape index (κ1) is 18.0. The Morgan fingerprint density at radius 2 is 1.92 bits per heavy atom. The normalized spacial score (nSPS) is 20.7. The standard InChI is InChI=1S/C20H26BNO3/c1-14(23)22-13-17(21-24-19(2,3)20(4,5)25-21)12-16-10-6-8-15-9-7-11-18(15)16/h6-10,12H,11,13H2,1-5H3,(H,22,23). The molecule has 132 valence electrons. The quantitative estimate of drug-likeness (QED) is 0.856. The molecule has 1 saturated heterocycles. The molecule has 0 unspecified atom stereocenters. The Kier molecular flexibility index (Phi) is 4.65. The lowest BCUT2D eigenvalue weighted by Crippen LogP contribution is -2.41. The van der Waals surface area contributed by atoms with Crippen LogP contribution in [-0.4, -0.2) is 30.8 Å². The first-order chi connectivity index (χ1) is 11.7. The van der Waals surface area contributed by atoms with E-state index in [0.29, 0.717) is 6.54 Å². The number of hydrogen-bond donors (Lipinski definition) is 1. The maximum Gasteiger partial charge on any atom is 0.492 e. The zero-order valence-corrected chi connectivity index (χ0v) is 15.7. The number of benzene rings is 1. The molecule has 2 aliphatic rings. The second-order valence-electron chi connectivity index (χ2n) is 7.74. The van der Waals surface area contributed by atoms with Crippen molar-refractivity contribution in [3.63, 3.8) is 0 Å². The highest BCUT2D eigenvalue weighted by Crippen LogP contribution is 2.39. The molecule has 1 amide bonds. The van der Waals surface area contributed by atoms with Crippen LogP contribution in [0.2, 0.25) is 0 Å². The van der Waals surface area contributed by atoms with Crippen LogP contribution in [0.25, 0.3) is 12.2 Å². The fraction of sp³-hybridized carbons (Fsp3) is 0.450. The molecule has 1 aliphatic heterocycles. The highest BCUT2D eigenvalue weighted by atomic mass is 16.7. The lowest BCUT2D eigenvalue weighted by molar-refractivity contribution is -0.118. The van der Waals surface area contributed by atoms with E-state index >= 15 is 0 Å². The van der Waals surface area contributed by atoms with E-state index in [1.54, 1.807) is 0 Å². The Morgan fingerprint density at radius 3 is 2.56 bits per heavy atom. The topological polar surface area (TPSA) is 47.6 Å². The minimum absolute atomic E-state index is 0.0672. The molecule has 1 aromatic carbocycles. The molecule has 5 heteroatoms. The molecule has 25 heavy (non-hydrogen) atoms. The van der Waals surface area contributed by atoms with Gasteiger partial charge in [0, 0.05) is 13.5 Å². The van der Waals surface area contributed by atoms with E-state index in [9.17, 15) is 4.79 Å². The lowest BCUT2D eigenvalue weighted by Gasteiger charge is -2.32. The van der Waals surface area contributed by atoms with Crippen molar-refractivity contribution in [3.8, 4) is 0 Å². The van der Waals surface area contributed by atoms with Gasteiger partial charge in [-0.05, 0) is 56.3 Å². The third kappa shape index (κ3) is 3.58. The number of amides is 1. The molecular formula is C20H26BNO3. The van der Waals surface area contributed by atoms with Crippen LogP contribution in [0.4, 0.5) is 0 Å². The van der Waals surface area contributed by atoms with Crippen LogP contribution in [-0.2, 0) is 20.5 Å². The van der Waals surface area contributed by atoms with Crippen molar-refractivity contribution in [2.45, 2.75) is 52.2 Å². The van der Waals surface area contributed by atoms with Crippen LogP contribution in [0.1, 0.15) is 51.3 Å². The highest BCUT2D eigenvalue weighted by molar-refractivity contribution is 6.56. The van der Waals surface area contributed by atoms with Gasteiger partial charge in [-0.1, -0.05) is 36.4 Å². The Morgan fingerprint density at radius 1 is 1.24 bits per heavy atom. The van der Waals surface area contributed by atoms with Crippen LogP contribution in [0.15, 0.2) is 29.7 Å². The number of hydrogen-bond acceptors (Lipinski definition) is 3. The summed E-state index contributed by atoms with van der Waals surface area (Å²) in [6.45, 7) is 10.1. The number of rotatable bonds is 4. The van der Waals surface area contributed by atoms with Crippen LogP contribution in [0, 0.1) is 0 Å². The molecule has 1 aliphatic carbocycles. The first-order valence-corrected chi connectivity index (χ1v) is 8.78. The van der Waals surface area contributed by atoms with Crippen LogP contribution >= 0.6 is 0 Å². The summed E-state index contributed by atoms with van der Waals surface area (Å²) in [5.41, 5.74) is 3.81. The van der Waals surface area contributed by atoms with Gasteiger partial charge in [-0.15, -0.1) is 0 Å². The molecule has 3 rings (SSSR count). The smallest absolute Gasteiger partial charge is 0.400 e. The van der Waals surface area contributed by atoms with Gasteiger partial charge < -0.3 is 14.6 Å². The van der Waals surface area contributed by atoms with Gasteiger partial charge in [-0.2, -0.15) is 0 Å². The molecular weight excluding hydrogens is 313 g/mol. The molecule has 4 nitrogen and oxygen atoms in total. The molecule has 0 bridgehead atoms. The Hall–Kier alpha value is -1.85. The molecule has 0 saturated carbocycles. The van der Waals surface area contributed by atoms with Gasteiger partial charge in [0.2, 0.25) is 5.91 Å². The lowest BCUT2D eigenvalue weighted by atomic mass is 9.76. The van der Waals surface area contributed by atoms with Crippen molar-refractivity contribution in [3.05, 3.63) is 46.4 Å². The zero-order chi connectivity index (χ0) is 18.2. The molecule has 0 atom stereocenters. The van der Waals surface area contributed by atoms with Crippen LogP contribution in [0.5, 0.6) is 0 Å². The summed E-state index contributed by atoms with van der Waals surface area (Å²) in [4.78, 5) is 11.4. The summed E-state index contributed by atoms with van der Waals surface area (Å²) in [6.07, 6.45) is 7.35. The summed E-state index contributed by atoms with van der Waals surface area (Å²) in [5, 5.41) is 2.88. The molecule has 0 spiro atoms. The second kappa shape index (κ2) is 6.47. The number of fused-ring (bicyclic) bond motifs is 1. The number of carbonyl (C=O) groups excluding carboxylic acids is 1. The largest absolute Gasteiger partial charge is 0.492 e. The van der Waals surface area contributed by atoms with Gasteiger partial charge in [-0.3, -0.25) is 4.79 Å². The molecule has 1 fully saturated rings. The van der Waals surface area contributed by atoms with Gasteiger partial charge in [-0.25, -0.2) is 0 Å². The Balaban J connectivity index is 1.94. The predicted molar refractivity (Wildman–Crippen MR) is 102 cm³/mol. The third-order valence-corrected chi connectivity index (χ3v) is 5.31. The van der Waals surface area contributed by atoms with Gasteiger partial charge in [0.05, 0.1) is 11.2 Å². The average Bonchev–Trinajstić information content (AvgIpc) is 3.06. The summed E-state index contributed by atoms with van der Waals surface area (Å²) >= 11 is 0. The van der Waals surface area contributed by atoms with Crippen molar-refractivity contribution in [2.75, 3.05) is 6.54 Å². The first-order valence-electron chi connectivity index (χ1n) is 8.78. The Bertz CT molecular complexity index is 733. The van der Waals surface area contributed by atoms with Gasteiger partial charge in [0.15, 0.2) is 0 Å². The Labute approximate surface area is 150 Å². The monoisotopic (exact) mass is 339 g/mol. The number of nitrogens with one attached hydrogen (secondary N) is 1. The maximum absolute atomic E-state index is 11.4. The minimum atomic E-state index is -0.470. The summed E-state index contributed by atoms with van der Waals surface area (Å²) in [6, 6.07) is 6.28. The third-order valence-electron chi connectivity index (χ3n) is 5.31. The minimum Gasteiger partial charge on any atom is -0.400 e. The van der Waals surface area contributed by atoms with Gasteiger partial charge >= 0.3 is 7.12 Å². The number of allylic oxidation sites excluding steroid dienone is 1. The van der Waals surface area contributed by atoms with E-state index in [4.69, 9.17) is 9.31 Å². The van der Waals surface area contributed by atoms with Crippen LogP contribution < -0.4 is 5.32 Å². The predicted octanol–water partition coefficient (Wildman–Crippen LogP) is 3.41. The molecule has 0 radical (unpaired) electrons. The molecule has 1 heterocycles. The van der Waals surface area contributed by atoms with Crippen LogP contribution in [0.3, 0.4) is 0 Å². The van der Waals surface area contributed by atoms with E-state index in [0.717, 1.165) is 17.5 Å². The summed E-state index contributed by atoms with van der Waals surface area (Å²) in [7, 11) is -0.470. The van der Waals surface area contributed by atoms with E-state index in [1.807, 2.05) is 27.7 Å². The molecule has 0 aromatic heterocycles. The number of carbonyl (C=O) groups is 1. The molecule has 1 aromatic rings. The second-order valence-corrected chi connectivity index (χ2v) is 7.74. The maximum atomic E-state index is 11.4. The van der Waals surface area contributed by atoms with Crippen molar-refractivity contribution < 1.29 is 14.1 Å². The highest BCUT2D eigenvalue weighted by Gasteiger charge is 2.52. The summed E-state index contributed by atoms with van der Waals surface area (Å²) < 4.78 is 12.4. The molecule has 1 N–H and O–H groups in total. The zero-order valence-electron chi connectivity index (χ0n) is 15.7. The van der Waals surface area contributed by atoms with E-state index < -0.39 is 18.3 Å². The SMILES string of the molecule is CC(=O)NCC(=Cc1cccc2c1CC=C2)B1OC(C)(C)C(C)(C)O1. The van der Waals surface area contributed by atoms with E-state index in [1.165, 1.54) is 18.1 Å².